The summed E-state index contributed by atoms with van der Waals surface area (Å²) in [5.74, 6) is 0.272. The first-order valence-corrected chi connectivity index (χ1v) is 6.54. The zero-order valence-electron chi connectivity index (χ0n) is 10.8. The van der Waals surface area contributed by atoms with E-state index < -0.39 is 0 Å². The summed E-state index contributed by atoms with van der Waals surface area (Å²) < 4.78 is 7.05. The highest BCUT2D eigenvalue weighted by Crippen LogP contribution is 2.22. The van der Waals surface area contributed by atoms with Gasteiger partial charge >= 0.3 is 6.01 Å². The molecule has 3 aromatic rings. The van der Waals surface area contributed by atoms with Crippen molar-refractivity contribution < 1.29 is 9.84 Å². The number of ether oxygens (including phenoxy) is 1. The SMILES string of the molecule is OCc1cc(Oc2ncn(-c3ccccc3)n2)ncc1Cl. The molecular weight excluding hydrogens is 292 g/mol. The average Bonchev–Trinajstić information content (AvgIpc) is 2.98. The van der Waals surface area contributed by atoms with Gasteiger partial charge in [0.2, 0.25) is 5.88 Å². The number of hydrogen-bond donors (Lipinski definition) is 1. The summed E-state index contributed by atoms with van der Waals surface area (Å²) in [5.41, 5.74) is 1.41. The van der Waals surface area contributed by atoms with Gasteiger partial charge in [0, 0.05) is 17.8 Å². The highest BCUT2D eigenvalue weighted by Gasteiger charge is 2.08. The Labute approximate surface area is 125 Å². The quantitative estimate of drug-likeness (QED) is 0.802. The van der Waals surface area contributed by atoms with Crippen LogP contribution >= 0.6 is 11.6 Å². The molecule has 0 unspecified atom stereocenters. The summed E-state index contributed by atoms with van der Waals surface area (Å²) >= 11 is 5.87. The second kappa shape index (κ2) is 5.90. The van der Waals surface area contributed by atoms with Crippen molar-refractivity contribution in [3.8, 4) is 17.6 Å². The summed E-state index contributed by atoms with van der Waals surface area (Å²) in [6.07, 6.45) is 2.96. The molecule has 0 radical (unpaired) electrons. The predicted octanol–water partition coefficient (Wildman–Crippen LogP) is 2.60. The van der Waals surface area contributed by atoms with Gasteiger partial charge in [0.05, 0.1) is 17.3 Å². The molecule has 0 amide bonds. The molecule has 0 bridgehead atoms. The maximum atomic E-state index is 9.16. The molecule has 3 rings (SSSR count). The van der Waals surface area contributed by atoms with Crippen LogP contribution in [-0.4, -0.2) is 24.9 Å². The highest BCUT2D eigenvalue weighted by molar-refractivity contribution is 6.31. The minimum absolute atomic E-state index is 0.164. The number of nitrogens with zero attached hydrogens (tertiary/aromatic N) is 4. The van der Waals surface area contributed by atoms with Crippen molar-refractivity contribution in [2.45, 2.75) is 6.61 Å². The van der Waals surface area contributed by atoms with Gasteiger partial charge in [0.25, 0.3) is 0 Å². The minimum Gasteiger partial charge on any atom is -0.404 e. The van der Waals surface area contributed by atoms with E-state index >= 15 is 0 Å². The molecule has 0 aliphatic rings. The van der Waals surface area contributed by atoms with Gasteiger partial charge in [-0.1, -0.05) is 29.8 Å². The Morgan fingerprint density at radius 1 is 1.19 bits per heavy atom. The molecule has 0 saturated carbocycles. The number of rotatable bonds is 4. The summed E-state index contributed by atoms with van der Waals surface area (Å²) in [5, 5.41) is 13.7. The molecule has 0 spiro atoms. The van der Waals surface area contributed by atoms with E-state index in [2.05, 4.69) is 15.1 Å². The first kappa shape index (κ1) is 13.5. The molecule has 0 saturated heterocycles. The van der Waals surface area contributed by atoms with E-state index in [1.54, 1.807) is 17.1 Å². The minimum atomic E-state index is -0.191. The van der Waals surface area contributed by atoms with Crippen LogP contribution in [0.5, 0.6) is 11.9 Å². The molecule has 21 heavy (non-hydrogen) atoms. The lowest BCUT2D eigenvalue weighted by Crippen LogP contribution is -1.96. The fraction of sp³-hybridized carbons (Fsp3) is 0.0714. The van der Waals surface area contributed by atoms with Crippen LogP contribution in [0, 0.1) is 0 Å². The van der Waals surface area contributed by atoms with Crippen molar-refractivity contribution in [3.05, 3.63) is 59.5 Å². The van der Waals surface area contributed by atoms with Gasteiger partial charge in [0.15, 0.2) is 0 Å². The Bertz CT molecular complexity index is 746. The molecule has 0 aliphatic heterocycles. The number of aromatic nitrogens is 4. The van der Waals surface area contributed by atoms with Crippen molar-refractivity contribution in [1.29, 1.82) is 0 Å². The third-order valence-corrected chi connectivity index (χ3v) is 3.11. The average molecular weight is 303 g/mol. The summed E-state index contributed by atoms with van der Waals surface area (Å²) in [6, 6.07) is 11.3. The van der Waals surface area contributed by atoms with Gasteiger partial charge in [-0.25, -0.2) is 9.67 Å². The van der Waals surface area contributed by atoms with Crippen LogP contribution in [0.2, 0.25) is 5.02 Å². The van der Waals surface area contributed by atoms with Crippen LogP contribution in [0.3, 0.4) is 0 Å². The van der Waals surface area contributed by atoms with Gasteiger partial charge in [-0.2, -0.15) is 4.98 Å². The lowest BCUT2D eigenvalue weighted by molar-refractivity contribution is 0.281. The van der Waals surface area contributed by atoms with Crippen molar-refractivity contribution in [2.75, 3.05) is 0 Å². The van der Waals surface area contributed by atoms with Crippen molar-refractivity contribution in [2.24, 2.45) is 0 Å². The van der Waals surface area contributed by atoms with Crippen LogP contribution in [0.25, 0.3) is 5.69 Å². The molecule has 0 atom stereocenters. The summed E-state index contributed by atoms with van der Waals surface area (Å²) in [7, 11) is 0. The van der Waals surface area contributed by atoms with Crippen LogP contribution in [0.15, 0.2) is 48.9 Å². The molecule has 6 nitrogen and oxygen atoms in total. The van der Waals surface area contributed by atoms with Gasteiger partial charge in [-0.15, -0.1) is 5.10 Å². The molecule has 106 valence electrons. The number of pyridine rings is 1. The normalized spacial score (nSPS) is 10.6. The number of para-hydroxylation sites is 1. The Morgan fingerprint density at radius 3 is 2.76 bits per heavy atom. The maximum absolute atomic E-state index is 9.16. The van der Waals surface area contributed by atoms with Crippen molar-refractivity contribution in [3.63, 3.8) is 0 Å². The monoisotopic (exact) mass is 302 g/mol. The van der Waals surface area contributed by atoms with Crippen LogP contribution < -0.4 is 4.74 Å². The van der Waals surface area contributed by atoms with E-state index in [1.807, 2.05) is 30.3 Å². The molecular formula is C14H11ClN4O2. The third kappa shape index (κ3) is 3.01. The Hall–Kier alpha value is -2.44. The lowest BCUT2D eigenvalue weighted by Gasteiger charge is -2.03. The second-order valence-corrected chi connectivity index (χ2v) is 4.59. The van der Waals surface area contributed by atoms with Gasteiger partial charge in [0.1, 0.15) is 6.33 Å². The van der Waals surface area contributed by atoms with Gasteiger partial charge in [-0.3, -0.25) is 0 Å². The van der Waals surface area contributed by atoms with E-state index in [1.165, 1.54) is 6.20 Å². The molecule has 0 fully saturated rings. The van der Waals surface area contributed by atoms with Crippen LogP contribution in [-0.2, 0) is 6.61 Å². The van der Waals surface area contributed by atoms with E-state index in [4.69, 9.17) is 21.4 Å². The van der Waals surface area contributed by atoms with E-state index in [9.17, 15) is 0 Å². The maximum Gasteiger partial charge on any atom is 0.342 e. The van der Waals surface area contributed by atoms with Crippen molar-refractivity contribution >= 4 is 11.6 Å². The van der Waals surface area contributed by atoms with Crippen LogP contribution in [0.1, 0.15) is 5.56 Å². The smallest absolute Gasteiger partial charge is 0.342 e. The first-order valence-electron chi connectivity index (χ1n) is 6.16. The molecule has 2 aromatic heterocycles. The zero-order valence-corrected chi connectivity index (χ0v) is 11.6. The number of hydrogen-bond acceptors (Lipinski definition) is 5. The number of aliphatic hydroxyl groups excluding tert-OH is 1. The third-order valence-electron chi connectivity index (χ3n) is 2.77. The topological polar surface area (TPSA) is 73.1 Å². The number of benzene rings is 1. The standard InChI is InChI=1S/C14H11ClN4O2/c15-12-7-16-13(6-10(12)8-20)21-14-17-9-19(18-14)11-4-2-1-3-5-11/h1-7,9,20H,8H2. The van der Waals surface area contributed by atoms with E-state index in [-0.39, 0.29) is 18.5 Å². The fourth-order valence-corrected chi connectivity index (χ4v) is 1.89. The van der Waals surface area contributed by atoms with E-state index in [0.29, 0.717) is 10.6 Å². The van der Waals surface area contributed by atoms with E-state index in [0.717, 1.165) is 5.69 Å². The molecule has 1 N–H and O–H groups in total. The highest BCUT2D eigenvalue weighted by atomic mass is 35.5. The lowest BCUT2D eigenvalue weighted by atomic mass is 10.3. The summed E-state index contributed by atoms with van der Waals surface area (Å²) in [6.45, 7) is -0.191. The first-order chi connectivity index (χ1) is 10.3. The van der Waals surface area contributed by atoms with Gasteiger partial charge < -0.3 is 9.84 Å². The van der Waals surface area contributed by atoms with Crippen molar-refractivity contribution in [1.82, 2.24) is 19.7 Å². The summed E-state index contributed by atoms with van der Waals surface area (Å²) in [4.78, 5) is 8.07. The molecule has 2 heterocycles. The zero-order chi connectivity index (χ0) is 14.7. The number of aliphatic hydroxyl groups is 1. The number of halogens is 1. The molecule has 1 aromatic carbocycles. The predicted molar refractivity (Wildman–Crippen MR) is 76.6 cm³/mol. The second-order valence-electron chi connectivity index (χ2n) is 4.18. The molecule has 7 heteroatoms. The Balaban J connectivity index is 1.82. The van der Waals surface area contributed by atoms with Crippen LogP contribution in [0.4, 0.5) is 0 Å². The fourth-order valence-electron chi connectivity index (χ4n) is 1.73. The largest absolute Gasteiger partial charge is 0.404 e. The molecule has 0 aliphatic carbocycles. The van der Waals surface area contributed by atoms with Gasteiger partial charge in [-0.05, 0) is 12.1 Å². The Kier molecular flexibility index (Phi) is 3.81. The Morgan fingerprint density at radius 2 is 2.00 bits per heavy atom.